The zero-order chi connectivity index (χ0) is 19.1. The number of benzene rings is 3. The van der Waals surface area contributed by atoms with Crippen LogP contribution >= 0.6 is 15.9 Å². The number of methoxy groups -OCH3 is 1. The lowest BCUT2D eigenvalue weighted by molar-refractivity contribution is 0.280. The normalized spacial score (nSPS) is 10.6. The van der Waals surface area contributed by atoms with Crippen molar-refractivity contribution in [2.24, 2.45) is 0 Å². The second-order valence-electron chi connectivity index (χ2n) is 6.06. The molecule has 140 valence electrons. The molecule has 3 aromatic rings. The van der Waals surface area contributed by atoms with Gasteiger partial charge in [0.25, 0.3) is 0 Å². The molecule has 0 aliphatic carbocycles. The molecule has 0 radical (unpaired) electrons. The van der Waals surface area contributed by atoms with Gasteiger partial charge in [-0.15, -0.1) is 0 Å². The van der Waals surface area contributed by atoms with E-state index in [1.165, 1.54) is 17.7 Å². The van der Waals surface area contributed by atoms with Crippen LogP contribution in [0.2, 0.25) is 0 Å². The average Bonchev–Trinajstić information content (AvgIpc) is 2.70. The highest BCUT2D eigenvalue weighted by atomic mass is 79.9. The molecule has 0 spiro atoms. The van der Waals surface area contributed by atoms with E-state index in [-0.39, 0.29) is 5.82 Å². The molecular formula is C22H21BrFNO2. The Hall–Kier alpha value is -2.37. The minimum absolute atomic E-state index is 0.260. The Bertz CT molecular complexity index is 869. The van der Waals surface area contributed by atoms with Gasteiger partial charge in [-0.2, -0.15) is 0 Å². The molecular weight excluding hydrogens is 409 g/mol. The van der Waals surface area contributed by atoms with E-state index in [0.717, 1.165) is 22.1 Å². The van der Waals surface area contributed by atoms with Crippen LogP contribution in [-0.2, 0) is 19.7 Å². The highest BCUT2D eigenvalue weighted by Gasteiger charge is 2.15. The molecule has 3 rings (SSSR count). The summed E-state index contributed by atoms with van der Waals surface area (Å²) >= 11 is 3.61. The number of hydrogen-bond donors (Lipinski definition) is 1. The Morgan fingerprint density at radius 1 is 0.889 bits per heavy atom. The number of rotatable bonds is 8. The lowest BCUT2D eigenvalue weighted by Crippen LogP contribution is -2.14. The molecule has 3 nitrogen and oxygen atoms in total. The lowest BCUT2D eigenvalue weighted by Gasteiger charge is -2.17. The first-order valence-corrected chi connectivity index (χ1v) is 9.44. The van der Waals surface area contributed by atoms with Gasteiger partial charge in [0.1, 0.15) is 12.4 Å². The highest BCUT2D eigenvalue weighted by Crippen LogP contribution is 2.36. The number of halogens is 2. The van der Waals surface area contributed by atoms with Crippen LogP contribution in [0.25, 0.3) is 0 Å². The van der Waals surface area contributed by atoms with Crippen LogP contribution in [0.3, 0.4) is 0 Å². The predicted octanol–water partition coefficient (Wildman–Crippen LogP) is 5.47. The zero-order valence-electron chi connectivity index (χ0n) is 15.0. The van der Waals surface area contributed by atoms with Crippen molar-refractivity contribution in [1.29, 1.82) is 0 Å². The largest absolute Gasteiger partial charge is 0.493 e. The molecule has 0 aliphatic heterocycles. The Balaban J connectivity index is 1.74. The monoisotopic (exact) mass is 429 g/mol. The molecule has 0 saturated carbocycles. The molecule has 0 aromatic heterocycles. The number of hydrogen-bond acceptors (Lipinski definition) is 3. The highest BCUT2D eigenvalue weighted by molar-refractivity contribution is 9.10. The van der Waals surface area contributed by atoms with E-state index in [4.69, 9.17) is 9.47 Å². The summed E-state index contributed by atoms with van der Waals surface area (Å²) in [6, 6.07) is 20.3. The van der Waals surface area contributed by atoms with Gasteiger partial charge in [0.15, 0.2) is 11.5 Å². The Morgan fingerprint density at radius 2 is 1.63 bits per heavy atom. The Labute approximate surface area is 167 Å². The first kappa shape index (κ1) is 19.4. The number of ether oxygens (including phenoxy) is 2. The van der Waals surface area contributed by atoms with Gasteiger partial charge in [-0.3, -0.25) is 0 Å². The van der Waals surface area contributed by atoms with Gasteiger partial charge < -0.3 is 14.8 Å². The topological polar surface area (TPSA) is 30.5 Å². The molecule has 0 saturated heterocycles. The van der Waals surface area contributed by atoms with Crippen molar-refractivity contribution in [3.05, 3.63) is 93.7 Å². The lowest BCUT2D eigenvalue weighted by atomic mass is 10.1. The van der Waals surface area contributed by atoms with Crippen molar-refractivity contribution < 1.29 is 13.9 Å². The maximum atomic E-state index is 13.1. The molecule has 27 heavy (non-hydrogen) atoms. The van der Waals surface area contributed by atoms with Gasteiger partial charge in [-0.05, 0) is 35.4 Å². The number of nitrogens with one attached hydrogen (secondary N) is 1. The smallest absolute Gasteiger partial charge is 0.167 e. The third kappa shape index (κ3) is 5.31. The van der Waals surface area contributed by atoms with Gasteiger partial charge in [-0.1, -0.05) is 58.4 Å². The summed E-state index contributed by atoms with van der Waals surface area (Å²) in [5.41, 5.74) is 3.08. The van der Waals surface area contributed by atoms with Crippen LogP contribution in [0.1, 0.15) is 16.7 Å². The van der Waals surface area contributed by atoms with Gasteiger partial charge in [0.2, 0.25) is 0 Å². The van der Waals surface area contributed by atoms with Crippen molar-refractivity contribution in [2.75, 3.05) is 7.11 Å². The third-order valence-electron chi connectivity index (χ3n) is 4.16. The molecule has 0 fully saturated rings. The standard InChI is InChI=1S/C22H21BrFNO2/c1-26-21-12-11-20(23)19(14-25-13-16-5-3-2-4-6-16)22(21)27-15-17-7-9-18(24)10-8-17/h2-12,25H,13-15H2,1H3. The van der Waals surface area contributed by atoms with E-state index in [9.17, 15) is 4.39 Å². The van der Waals surface area contributed by atoms with E-state index in [1.807, 2.05) is 30.3 Å². The van der Waals surface area contributed by atoms with Crippen molar-refractivity contribution in [2.45, 2.75) is 19.7 Å². The second-order valence-corrected chi connectivity index (χ2v) is 6.92. The van der Waals surface area contributed by atoms with E-state index in [0.29, 0.717) is 24.7 Å². The van der Waals surface area contributed by atoms with E-state index in [1.54, 1.807) is 19.2 Å². The zero-order valence-corrected chi connectivity index (χ0v) is 16.6. The minimum atomic E-state index is -0.260. The van der Waals surface area contributed by atoms with Gasteiger partial charge >= 0.3 is 0 Å². The summed E-state index contributed by atoms with van der Waals surface area (Å²) in [6.07, 6.45) is 0. The van der Waals surface area contributed by atoms with E-state index >= 15 is 0 Å². The molecule has 0 aliphatic rings. The quantitative estimate of drug-likeness (QED) is 0.515. The van der Waals surface area contributed by atoms with E-state index < -0.39 is 0 Å². The maximum Gasteiger partial charge on any atom is 0.167 e. The van der Waals surface area contributed by atoms with Gasteiger partial charge in [-0.25, -0.2) is 4.39 Å². The predicted molar refractivity (Wildman–Crippen MR) is 108 cm³/mol. The summed E-state index contributed by atoms with van der Waals surface area (Å²) in [7, 11) is 1.62. The first-order chi connectivity index (χ1) is 13.2. The Kier molecular flexibility index (Phi) is 6.85. The van der Waals surface area contributed by atoms with Crippen LogP contribution in [0.5, 0.6) is 11.5 Å². The van der Waals surface area contributed by atoms with Crippen LogP contribution in [-0.4, -0.2) is 7.11 Å². The van der Waals surface area contributed by atoms with Crippen LogP contribution in [0, 0.1) is 5.82 Å². The van der Waals surface area contributed by atoms with Gasteiger partial charge in [0, 0.05) is 23.1 Å². The molecule has 0 amide bonds. The van der Waals surface area contributed by atoms with Crippen LogP contribution in [0.15, 0.2) is 71.2 Å². The van der Waals surface area contributed by atoms with Crippen LogP contribution < -0.4 is 14.8 Å². The molecule has 0 unspecified atom stereocenters. The second kappa shape index (κ2) is 9.53. The van der Waals surface area contributed by atoms with Crippen molar-refractivity contribution >= 4 is 15.9 Å². The summed E-state index contributed by atoms with van der Waals surface area (Å²) in [5.74, 6) is 1.08. The fourth-order valence-corrected chi connectivity index (χ4v) is 3.18. The first-order valence-electron chi connectivity index (χ1n) is 8.64. The molecule has 1 N–H and O–H groups in total. The SMILES string of the molecule is COc1ccc(Br)c(CNCc2ccccc2)c1OCc1ccc(F)cc1. The van der Waals surface area contributed by atoms with Crippen molar-refractivity contribution in [3.8, 4) is 11.5 Å². The molecule has 3 aromatic carbocycles. The molecule has 0 atom stereocenters. The van der Waals surface area contributed by atoms with Crippen LogP contribution in [0.4, 0.5) is 4.39 Å². The van der Waals surface area contributed by atoms with Gasteiger partial charge in [0.05, 0.1) is 7.11 Å². The van der Waals surface area contributed by atoms with Crippen molar-refractivity contribution in [1.82, 2.24) is 5.32 Å². The fourth-order valence-electron chi connectivity index (χ4n) is 2.73. The molecule has 5 heteroatoms. The molecule has 0 bridgehead atoms. The Morgan fingerprint density at radius 3 is 2.33 bits per heavy atom. The summed E-state index contributed by atoms with van der Waals surface area (Å²) in [5, 5.41) is 3.44. The average molecular weight is 430 g/mol. The van der Waals surface area contributed by atoms with E-state index in [2.05, 4.69) is 33.4 Å². The summed E-state index contributed by atoms with van der Waals surface area (Å²) in [6.45, 7) is 1.70. The third-order valence-corrected chi connectivity index (χ3v) is 4.90. The van der Waals surface area contributed by atoms with Crippen molar-refractivity contribution in [3.63, 3.8) is 0 Å². The maximum absolute atomic E-state index is 13.1. The fraction of sp³-hybridized carbons (Fsp3) is 0.182. The summed E-state index contributed by atoms with van der Waals surface area (Å²) in [4.78, 5) is 0. The minimum Gasteiger partial charge on any atom is -0.493 e. The summed E-state index contributed by atoms with van der Waals surface area (Å²) < 4.78 is 25.6. The molecule has 0 heterocycles.